The van der Waals surface area contributed by atoms with Gasteiger partial charge in [0, 0.05) is 6.42 Å². The topological polar surface area (TPSA) is 83.5 Å². The number of hydrogen-bond donors (Lipinski definition) is 2. The third-order valence-electron chi connectivity index (χ3n) is 1.25. The summed E-state index contributed by atoms with van der Waals surface area (Å²) in [6.07, 6.45) is -0.228. The van der Waals surface area contributed by atoms with Crippen molar-refractivity contribution in [1.82, 2.24) is 5.32 Å². The molecule has 0 aromatic heterocycles. The number of hydrogen-bond acceptors (Lipinski definition) is 3. The number of carboxylic acids is 1. The van der Waals surface area contributed by atoms with Crippen LogP contribution in [0.3, 0.4) is 0 Å². The predicted octanol–water partition coefficient (Wildman–Crippen LogP) is -1.47. The van der Waals surface area contributed by atoms with Gasteiger partial charge in [-0.3, -0.25) is 9.59 Å². The number of carbonyl (C=O) groups excluding carboxylic acids is 2. The minimum absolute atomic E-state index is 0.228. The van der Waals surface area contributed by atoms with Crippen molar-refractivity contribution in [2.75, 3.05) is 0 Å². The molecule has 0 unspecified atom stereocenters. The van der Waals surface area contributed by atoms with Gasteiger partial charge in [-0.25, -0.2) is 4.79 Å². The van der Waals surface area contributed by atoms with Crippen LogP contribution in [0.4, 0.5) is 0 Å². The van der Waals surface area contributed by atoms with Crippen LogP contribution in [0, 0.1) is 0 Å². The first-order chi connectivity index (χ1) is 4.61. The van der Waals surface area contributed by atoms with E-state index in [1.807, 2.05) is 5.32 Å². The molecule has 0 aromatic carbocycles. The minimum Gasteiger partial charge on any atom is -0.480 e. The molecule has 10 heavy (non-hydrogen) atoms. The first-order valence-electron chi connectivity index (χ1n) is 2.68. The Labute approximate surface area is 56.0 Å². The molecule has 0 saturated carbocycles. The predicted molar refractivity (Wildman–Crippen MR) is 29.2 cm³/mol. The molecule has 1 aliphatic heterocycles. The van der Waals surface area contributed by atoms with E-state index in [9.17, 15) is 14.4 Å². The number of carboxylic acid groups (broad SMARTS) is 1. The van der Waals surface area contributed by atoms with E-state index in [0.717, 1.165) is 0 Å². The van der Waals surface area contributed by atoms with Crippen LogP contribution in [0.25, 0.3) is 0 Å². The highest BCUT2D eigenvalue weighted by Gasteiger charge is 2.33. The minimum atomic E-state index is -1.17. The highest BCUT2D eigenvalue weighted by Crippen LogP contribution is 2.01. The van der Waals surface area contributed by atoms with Crippen molar-refractivity contribution < 1.29 is 19.5 Å². The first kappa shape index (κ1) is 6.73. The number of ketones is 1. The van der Waals surface area contributed by atoms with E-state index in [-0.39, 0.29) is 6.42 Å². The average molecular weight is 143 g/mol. The third kappa shape index (κ3) is 0.975. The maximum Gasteiger partial charge on any atom is 0.326 e. The number of carbonyl (C=O) groups is 3. The van der Waals surface area contributed by atoms with Crippen LogP contribution in [-0.2, 0) is 14.4 Å². The smallest absolute Gasteiger partial charge is 0.326 e. The van der Waals surface area contributed by atoms with Crippen molar-refractivity contribution in [2.24, 2.45) is 0 Å². The third-order valence-corrected chi connectivity index (χ3v) is 1.25. The van der Waals surface area contributed by atoms with Crippen molar-refractivity contribution in [3.8, 4) is 0 Å². The Morgan fingerprint density at radius 1 is 1.60 bits per heavy atom. The molecule has 5 nitrogen and oxygen atoms in total. The van der Waals surface area contributed by atoms with Gasteiger partial charge in [0.1, 0.15) is 6.04 Å². The van der Waals surface area contributed by atoms with Gasteiger partial charge in [0.05, 0.1) is 0 Å². The second kappa shape index (κ2) is 2.09. The second-order valence-electron chi connectivity index (χ2n) is 1.99. The maximum atomic E-state index is 10.4. The summed E-state index contributed by atoms with van der Waals surface area (Å²) < 4.78 is 0. The number of rotatable bonds is 1. The molecule has 1 rings (SSSR count). The normalized spacial score (nSPS) is 24.6. The summed E-state index contributed by atoms with van der Waals surface area (Å²) in [5, 5.41) is 10.3. The van der Waals surface area contributed by atoms with Gasteiger partial charge in [0.15, 0.2) is 0 Å². The molecule has 0 aliphatic carbocycles. The van der Waals surface area contributed by atoms with Crippen molar-refractivity contribution in [1.29, 1.82) is 0 Å². The van der Waals surface area contributed by atoms with Gasteiger partial charge in [-0.05, 0) is 0 Å². The highest BCUT2D eigenvalue weighted by molar-refractivity contribution is 6.39. The maximum absolute atomic E-state index is 10.4. The Morgan fingerprint density at radius 3 is 2.40 bits per heavy atom. The Kier molecular flexibility index (Phi) is 1.41. The highest BCUT2D eigenvalue weighted by atomic mass is 16.4. The van der Waals surface area contributed by atoms with Gasteiger partial charge < -0.3 is 10.4 Å². The van der Waals surface area contributed by atoms with Gasteiger partial charge in [-0.2, -0.15) is 0 Å². The van der Waals surface area contributed by atoms with E-state index in [0.29, 0.717) is 0 Å². The molecule has 1 fully saturated rings. The lowest BCUT2D eigenvalue weighted by molar-refractivity contribution is -0.140. The lowest BCUT2D eigenvalue weighted by Crippen LogP contribution is -2.32. The molecule has 1 aliphatic rings. The molecular weight excluding hydrogens is 138 g/mol. The van der Waals surface area contributed by atoms with Gasteiger partial charge in [0.2, 0.25) is 5.78 Å². The molecule has 2 N–H and O–H groups in total. The Bertz CT molecular complexity index is 194. The number of amides is 1. The zero-order chi connectivity index (χ0) is 7.72. The molecule has 5 heteroatoms. The second-order valence-corrected chi connectivity index (χ2v) is 1.99. The first-order valence-corrected chi connectivity index (χ1v) is 2.68. The molecule has 54 valence electrons. The fourth-order valence-corrected chi connectivity index (χ4v) is 0.717. The van der Waals surface area contributed by atoms with Gasteiger partial charge >= 0.3 is 5.97 Å². The monoisotopic (exact) mass is 143 g/mol. The summed E-state index contributed by atoms with van der Waals surface area (Å²) in [6, 6.07) is -1.01. The SMILES string of the molecule is O=C1C[C@@H](C(=O)O)NC1=O. The molecule has 0 bridgehead atoms. The van der Waals surface area contributed by atoms with Crippen LogP contribution in [0.5, 0.6) is 0 Å². The molecule has 0 aromatic rings. The van der Waals surface area contributed by atoms with E-state index in [2.05, 4.69) is 0 Å². The zero-order valence-corrected chi connectivity index (χ0v) is 4.96. The van der Waals surface area contributed by atoms with Gasteiger partial charge in [0.25, 0.3) is 5.91 Å². The van der Waals surface area contributed by atoms with E-state index < -0.39 is 23.7 Å². The fraction of sp³-hybridized carbons (Fsp3) is 0.400. The standard InChI is InChI=1S/C5H5NO4/c7-3-1-2(5(9)10)6-4(3)8/h2H,1H2,(H,6,8)(H,9,10)/t2-/m0/s1. The van der Waals surface area contributed by atoms with Crippen molar-refractivity contribution in [3.05, 3.63) is 0 Å². The molecular formula is C5H5NO4. The lowest BCUT2D eigenvalue weighted by atomic mass is 10.2. The van der Waals surface area contributed by atoms with Crippen molar-refractivity contribution in [2.45, 2.75) is 12.5 Å². The van der Waals surface area contributed by atoms with Crippen LogP contribution in [0.1, 0.15) is 6.42 Å². The summed E-state index contributed by atoms with van der Waals surface area (Å²) in [7, 11) is 0. The lowest BCUT2D eigenvalue weighted by Gasteiger charge is -1.98. The quantitative estimate of drug-likeness (QED) is 0.439. The summed E-state index contributed by atoms with van der Waals surface area (Å²) in [6.45, 7) is 0. The van der Waals surface area contributed by atoms with Crippen molar-refractivity contribution in [3.63, 3.8) is 0 Å². The van der Waals surface area contributed by atoms with Gasteiger partial charge in [-0.1, -0.05) is 0 Å². The van der Waals surface area contributed by atoms with Crippen LogP contribution < -0.4 is 5.32 Å². The Morgan fingerprint density at radius 2 is 2.20 bits per heavy atom. The number of nitrogens with one attached hydrogen (secondary N) is 1. The average Bonchev–Trinajstić information content (AvgIpc) is 2.13. The molecule has 0 spiro atoms. The number of Topliss-reactive ketones (excluding diaryl/α,β-unsaturated/α-hetero) is 1. The van der Waals surface area contributed by atoms with E-state index in [1.54, 1.807) is 0 Å². The van der Waals surface area contributed by atoms with Gasteiger partial charge in [-0.15, -0.1) is 0 Å². The summed E-state index contributed by atoms with van der Waals surface area (Å²) in [5.74, 6) is -2.63. The van der Waals surface area contributed by atoms with Crippen molar-refractivity contribution >= 4 is 17.7 Å². The zero-order valence-electron chi connectivity index (χ0n) is 4.96. The van der Waals surface area contributed by atoms with Crippen LogP contribution >= 0.6 is 0 Å². The largest absolute Gasteiger partial charge is 0.480 e. The fourth-order valence-electron chi connectivity index (χ4n) is 0.717. The Hall–Kier alpha value is -1.39. The molecule has 1 atom stereocenters. The van der Waals surface area contributed by atoms with Crippen LogP contribution in [-0.4, -0.2) is 28.8 Å². The van der Waals surface area contributed by atoms with E-state index in [1.165, 1.54) is 0 Å². The van der Waals surface area contributed by atoms with Crippen LogP contribution in [0.15, 0.2) is 0 Å². The van der Waals surface area contributed by atoms with Crippen LogP contribution in [0.2, 0.25) is 0 Å². The molecule has 1 heterocycles. The summed E-state index contributed by atoms with van der Waals surface area (Å²) >= 11 is 0. The molecule has 1 saturated heterocycles. The van der Waals surface area contributed by atoms with E-state index >= 15 is 0 Å². The summed E-state index contributed by atoms with van der Waals surface area (Å²) in [4.78, 5) is 30.9. The number of aliphatic carboxylic acids is 1. The van der Waals surface area contributed by atoms with E-state index in [4.69, 9.17) is 5.11 Å². The summed E-state index contributed by atoms with van der Waals surface area (Å²) in [5.41, 5.74) is 0. The molecule has 1 amide bonds. The molecule has 0 radical (unpaired) electrons. The Balaban J connectivity index is 2.66.